The van der Waals surface area contributed by atoms with Gasteiger partial charge in [-0.3, -0.25) is 0 Å². The number of hydrogen-bond acceptors (Lipinski definition) is 10. The van der Waals surface area contributed by atoms with Gasteiger partial charge in [-0.05, 0) is 213 Å². The fourth-order valence-corrected chi connectivity index (χ4v) is 22.1. The summed E-state index contributed by atoms with van der Waals surface area (Å²) in [4.78, 5) is 32.7. The van der Waals surface area contributed by atoms with E-state index < -0.39 is 0 Å². The zero-order valence-corrected chi connectivity index (χ0v) is 73.6. The zero-order valence-electron chi connectivity index (χ0n) is 73.6. The van der Waals surface area contributed by atoms with E-state index in [9.17, 15) is 0 Å². The molecule has 0 spiro atoms. The predicted molar refractivity (Wildman–Crippen MR) is 565 cm³/mol. The molecule has 0 aliphatic carbocycles. The average molecular weight is 1760 g/mol. The Labute approximate surface area is 785 Å². The molecule has 8 aromatic heterocycles. The fourth-order valence-electron chi connectivity index (χ4n) is 22.1. The molecule has 138 heavy (non-hydrogen) atoms. The Balaban J connectivity index is 0.600. The molecule has 0 saturated carbocycles. The van der Waals surface area contributed by atoms with Crippen molar-refractivity contribution in [3.63, 3.8) is 0 Å². The average Bonchev–Trinajstić information content (AvgIpc) is 1.55. The molecule has 0 atom stereocenters. The molecule has 638 valence electrons. The van der Waals surface area contributed by atoms with Crippen LogP contribution in [0.15, 0.2) is 442 Å². The SMILES string of the molecule is c1ccc(-c2ccc(-c3nc(-c4cccc5c4oc4ccccc45)nc(-c4cc5cc(-n6c7cc8ccccc8cc7c7c8ccccc8c(-c8ccc9cc%10c%11c%12ccccc%12ccc%11n(-c%11ccc%12cc(-c%13nc(-c%14ccc(-c%15ccccc%15)cc%14)nc(-c%14cccc%15c%14oc%14ccccc%14%15)n%13)c%13oc%14ccccc%14c%13c%12c%11)c%10cc9c8)cc76)ccc5c5c4oc4ccccc45)n3)cc2)cc1. The number of rotatable bonds is 11. The number of benzene rings is 22. The first kappa shape index (κ1) is 75.8. The molecule has 0 unspecified atom stereocenters. The molecule has 0 N–H and O–H groups in total. The minimum absolute atomic E-state index is 0.463. The van der Waals surface area contributed by atoms with Crippen LogP contribution in [0.1, 0.15) is 0 Å². The van der Waals surface area contributed by atoms with E-state index in [2.05, 4.69) is 355 Å². The summed E-state index contributed by atoms with van der Waals surface area (Å²) in [6, 6.07) is 152. The van der Waals surface area contributed by atoms with Gasteiger partial charge in [0.1, 0.15) is 44.7 Å². The summed E-state index contributed by atoms with van der Waals surface area (Å²) in [5.74, 6) is 2.93. The van der Waals surface area contributed by atoms with Crippen molar-refractivity contribution in [2.75, 3.05) is 0 Å². The molecule has 8 heterocycles. The van der Waals surface area contributed by atoms with Gasteiger partial charge in [0.15, 0.2) is 34.9 Å². The van der Waals surface area contributed by atoms with Crippen LogP contribution in [0.3, 0.4) is 0 Å². The molecule has 30 aromatic rings. The summed E-state index contributed by atoms with van der Waals surface area (Å²) in [5, 5.41) is 25.8. The van der Waals surface area contributed by atoms with Gasteiger partial charge in [0.05, 0.1) is 44.3 Å². The third-order valence-electron chi connectivity index (χ3n) is 28.5. The van der Waals surface area contributed by atoms with Gasteiger partial charge in [-0.2, -0.15) is 0 Å². The normalized spacial score (nSPS) is 12.2. The van der Waals surface area contributed by atoms with Crippen molar-refractivity contribution in [2.24, 2.45) is 0 Å². The van der Waals surface area contributed by atoms with E-state index in [4.69, 9.17) is 47.6 Å². The van der Waals surface area contributed by atoms with Gasteiger partial charge < -0.3 is 26.8 Å². The summed E-state index contributed by atoms with van der Waals surface area (Å²) in [5.41, 5.74) is 23.5. The zero-order chi connectivity index (χ0) is 90.1. The topological polar surface area (TPSA) is 140 Å². The Morgan fingerprint density at radius 2 is 0.536 bits per heavy atom. The summed E-state index contributed by atoms with van der Waals surface area (Å²) in [6.45, 7) is 0. The fraction of sp³-hybridized carbons (Fsp3) is 0. The van der Waals surface area contributed by atoms with E-state index in [1.807, 2.05) is 78.9 Å². The Morgan fingerprint density at radius 3 is 1.12 bits per heavy atom. The number of furan rings is 4. The Morgan fingerprint density at radius 1 is 0.152 bits per heavy atom. The predicted octanol–water partition coefficient (Wildman–Crippen LogP) is 33.8. The molecule has 0 aliphatic rings. The molecular weight excluding hydrogens is 1690 g/mol. The van der Waals surface area contributed by atoms with Crippen LogP contribution in [0.4, 0.5) is 0 Å². The Bertz CT molecular complexity index is 10500. The van der Waals surface area contributed by atoms with E-state index in [0.29, 0.717) is 57.3 Å². The number of aromatic nitrogens is 8. The summed E-state index contributed by atoms with van der Waals surface area (Å²) >= 11 is 0. The molecule has 0 aliphatic heterocycles. The minimum Gasteiger partial charge on any atom is -0.455 e. The highest BCUT2D eigenvalue weighted by atomic mass is 16.3. The molecule has 30 rings (SSSR count). The van der Waals surface area contributed by atoms with Crippen molar-refractivity contribution in [3.8, 4) is 113 Å². The van der Waals surface area contributed by atoms with E-state index in [-0.39, 0.29) is 0 Å². The number of fused-ring (bicyclic) bond motifs is 28. The second-order valence-electron chi connectivity index (χ2n) is 36.2. The van der Waals surface area contributed by atoms with Crippen LogP contribution in [0.2, 0.25) is 0 Å². The summed E-state index contributed by atoms with van der Waals surface area (Å²) in [7, 11) is 0. The highest BCUT2D eigenvalue weighted by molar-refractivity contribution is 6.30. The van der Waals surface area contributed by atoms with Crippen molar-refractivity contribution in [1.82, 2.24) is 39.0 Å². The molecule has 0 saturated heterocycles. The standard InChI is InChI=1S/C126H70N8O4/c1-3-23-71(24-4-1)73-45-49-76(50-46-73)121-127-123(97-39-21-37-93-90-32-13-17-41-109(90)135-117(93)97)131-125(129-121)103-65-82-55-57-86(69-100(82)116-96-36-16-20-44-112(96)138-120(103)116)133-105-60-56-75-27-9-10-30-87(75)113(105)101-64-80-53-54-81(61-83(80)68-107(101)133)99-70-108-114(92-34-12-11-31-89(92)99)102-63-78-28-7-8-29-79(78)67-106(102)134(108)85-58-59-88-84(62-85)66-104(119-115(88)95-35-15-19-43-111(95)137-119)126-130-122(77-51-47-74(48-52-77)72-25-5-2-6-26-72)128-124(132-126)98-40-22-38-94-91-33-14-18-42-110(91)136-118(94)98/h1-70H. The second-order valence-corrected chi connectivity index (χ2v) is 36.2. The molecule has 0 radical (unpaired) electrons. The van der Waals surface area contributed by atoms with Gasteiger partial charge in [-0.25, -0.2) is 29.9 Å². The highest BCUT2D eigenvalue weighted by Gasteiger charge is 2.29. The lowest BCUT2D eigenvalue weighted by Gasteiger charge is -2.14. The van der Waals surface area contributed by atoms with Gasteiger partial charge in [-0.15, -0.1) is 0 Å². The van der Waals surface area contributed by atoms with Crippen LogP contribution in [0.5, 0.6) is 0 Å². The quantitative estimate of drug-likeness (QED) is 0.123. The Kier molecular flexibility index (Phi) is 16.1. The lowest BCUT2D eigenvalue weighted by Crippen LogP contribution is -2.01. The molecule has 0 amide bonds. The van der Waals surface area contributed by atoms with Crippen molar-refractivity contribution >= 4 is 196 Å². The lowest BCUT2D eigenvalue weighted by molar-refractivity contribution is 0.668. The van der Waals surface area contributed by atoms with Crippen molar-refractivity contribution < 1.29 is 17.7 Å². The third kappa shape index (κ3) is 11.6. The van der Waals surface area contributed by atoms with E-state index in [1.165, 1.54) is 21.5 Å². The maximum atomic E-state index is 7.21. The van der Waals surface area contributed by atoms with Crippen LogP contribution in [-0.4, -0.2) is 39.0 Å². The van der Waals surface area contributed by atoms with Gasteiger partial charge in [0.2, 0.25) is 0 Å². The summed E-state index contributed by atoms with van der Waals surface area (Å²) < 4.78 is 32.8. The maximum absolute atomic E-state index is 7.21. The number of nitrogens with zero attached hydrogens (tertiary/aromatic N) is 8. The molecule has 0 fully saturated rings. The van der Waals surface area contributed by atoms with Gasteiger partial charge >= 0.3 is 0 Å². The van der Waals surface area contributed by atoms with Crippen LogP contribution in [0.25, 0.3) is 309 Å². The Hall–Kier alpha value is -18.8. The first-order valence-electron chi connectivity index (χ1n) is 46.6. The van der Waals surface area contributed by atoms with E-state index in [0.717, 1.165) is 230 Å². The van der Waals surface area contributed by atoms with Crippen molar-refractivity contribution in [2.45, 2.75) is 0 Å². The highest BCUT2D eigenvalue weighted by Crippen LogP contribution is 2.51. The smallest absolute Gasteiger partial charge is 0.167 e. The van der Waals surface area contributed by atoms with Gasteiger partial charge in [-0.1, -0.05) is 309 Å². The first-order chi connectivity index (χ1) is 68.3. The largest absolute Gasteiger partial charge is 0.455 e. The molecule has 12 heteroatoms. The van der Waals surface area contributed by atoms with Crippen LogP contribution < -0.4 is 0 Å². The molecule has 0 bridgehead atoms. The van der Waals surface area contributed by atoms with Crippen molar-refractivity contribution in [3.05, 3.63) is 425 Å². The third-order valence-corrected chi connectivity index (χ3v) is 28.5. The van der Waals surface area contributed by atoms with E-state index in [1.54, 1.807) is 0 Å². The molecular formula is C126H70N8O4. The number of hydrogen-bond donors (Lipinski definition) is 0. The lowest BCUT2D eigenvalue weighted by atomic mass is 9.93. The van der Waals surface area contributed by atoms with Crippen LogP contribution >= 0.6 is 0 Å². The van der Waals surface area contributed by atoms with E-state index >= 15 is 0 Å². The maximum Gasteiger partial charge on any atom is 0.167 e. The molecule has 12 nitrogen and oxygen atoms in total. The second kappa shape index (κ2) is 29.4. The van der Waals surface area contributed by atoms with Crippen LogP contribution in [-0.2, 0) is 0 Å². The summed E-state index contributed by atoms with van der Waals surface area (Å²) in [6.07, 6.45) is 0. The van der Waals surface area contributed by atoms with Gasteiger partial charge in [0.25, 0.3) is 0 Å². The van der Waals surface area contributed by atoms with Crippen molar-refractivity contribution in [1.29, 1.82) is 0 Å². The number of para-hydroxylation sites is 6. The monoisotopic (exact) mass is 1760 g/mol. The molecule has 22 aromatic carbocycles. The first-order valence-corrected chi connectivity index (χ1v) is 46.6. The van der Waals surface area contributed by atoms with Crippen LogP contribution in [0, 0.1) is 0 Å². The minimum atomic E-state index is 0.463. The van der Waals surface area contributed by atoms with Gasteiger partial charge in [0, 0.05) is 87.1 Å².